The van der Waals surface area contributed by atoms with Crippen LogP contribution < -0.4 is 0 Å². The monoisotopic (exact) mass is 392 g/mol. The van der Waals surface area contributed by atoms with E-state index in [0.29, 0.717) is 17.9 Å². The third kappa shape index (κ3) is 7.57. The highest BCUT2D eigenvalue weighted by atomic mass is 31.2. The average Bonchev–Trinajstić information content (AvgIpc) is 2.48. The third-order valence-corrected chi connectivity index (χ3v) is 8.42. The predicted octanol–water partition coefficient (Wildman–Crippen LogP) is 7.77. The van der Waals surface area contributed by atoms with E-state index in [2.05, 4.69) is 34.6 Å². The first-order valence-corrected chi connectivity index (χ1v) is 12.7. The van der Waals surface area contributed by atoms with Gasteiger partial charge >= 0.3 is 0 Å². The summed E-state index contributed by atoms with van der Waals surface area (Å²) in [6, 6.07) is 4.08. The van der Waals surface area contributed by atoms with Crippen LogP contribution in [0.4, 0.5) is 0 Å². The molecule has 0 N–H and O–H groups in total. The van der Waals surface area contributed by atoms with Crippen LogP contribution >= 0.6 is 7.14 Å². The molecule has 0 aliphatic heterocycles. The van der Waals surface area contributed by atoms with Gasteiger partial charge in [0.15, 0.2) is 7.14 Å². The van der Waals surface area contributed by atoms with Gasteiger partial charge in [-0.3, -0.25) is 4.79 Å². The van der Waals surface area contributed by atoms with Crippen molar-refractivity contribution in [2.24, 2.45) is 11.3 Å². The first-order chi connectivity index (χ1) is 12.4. The normalized spacial score (nSPS) is 15.4. The standard InChI is InChI=1S/C24H41O2P/c1-9-10-11-12-13-27(26,17-19(3)16-24(6,7)8)23(25)22-20(4)14-18(2)15-21(22)5/h14-15,19H,9-13,16-17H2,1-8H3. The van der Waals surface area contributed by atoms with Gasteiger partial charge in [0.1, 0.15) is 0 Å². The second-order valence-electron chi connectivity index (χ2n) is 9.80. The Hall–Kier alpha value is -0.880. The first kappa shape index (κ1) is 24.2. The van der Waals surface area contributed by atoms with Gasteiger partial charge in [-0.1, -0.05) is 71.6 Å². The minimum Gasteiger partial charge on any atom is -0.315 e. The fraction of sp³-hybridized carbons (Fsp3) is 0.708. The highest BCUT2D eigenvalue weighted by Crippen LogP contribution is 2.53. The Morgan fingerprint density at radius 3 is 2.07 bits per heavy atom. The molecule has 0 saturated carbocycles. The zero-order valence-electron chi connectivity index (χ0n) is 18.9. The molecular weight excluding hydrogens is 351 g/mol. The maximum absolute atomic E-state index is 14.0. The molecule has 0 aromatic heterocycles. The molecule has 2 unspecified atom stereocenters. The summed E-state index contributed by atoms with van der Waals surface area (Å²) in [5.74, 6) is 0.289. The highest BCUT2D eigenvalue weighted by molar-refractivity contribution is 7.81. The van der Waals surface area contributed by atoms with E-state index in [1.165, 1.54) is 0 Å². The highest BCUT2D eigenvalue weighted by Gasteiger charge is 2.35. The number of benzene rings is 1. The van der Waals surface area contributed by atoms with Crippen molar-refractivity contribution in [3.63, 3.8) is 0 Å². The largest absolute Gasteiger partial charge is 0.315 e. The van der Waals surface area contributed by atoms with Crippen LogP contribution in [0.5, 0.6) is 0 Å². The van der Waals surface area contributed by atoms with Gasteiger partial charge in [0.25, 0.3) is 0 Å². The molecule has 27 heavy (non-hydrogen) atoms. The van der Waals surface area contributed by atoms with Crippen molar-refractivity contribution in [3.8, 4) is 0 Å². The smallest absolute Gasteiger partial charge is 0.221 e. The molecule has 2 nitrogen and oxygen atoms in total. The summed E-state index contributed by atoms with van der Waals surface area (Å²) < 4.78 is 14.0. The van der Waals surface area contributed by atoms with Crippen LogP contribution in [0, 0.1) is 32.1 Å². The Kier molecular flexibility index (Phi) is 9.00. The summed E-state index contributed by atoms with van der Waals surface area (Å²) >= 11 is 0. The summed E-state index contributed by atoms with van der Waals surface area (Å²) in [4.78, 5) is 13.5. The van der Waals surface area contributed by atoms with Crippen LogP contribution in [0.3, 0.4) is 0 Å². The number of hydrogen-bond donors (Lipinski definition) is 0. The van der Waals surface area contributed by atoms with Gasteiger partial charge in [0.05, 0.1) is 0 Å². The number of rotatable bonds is 10. The SMILES string of the molecule is CCCCCCP(=O)(CC(C)CC(C)(C)C)C(=O)c1c(C)cc(C)cc1C. The molecule has 0 saturated heterocycles. The van der Waals surface area contributed by atoms with Gasteiger partial charge in [-0.2, -0.15) is 0 Å². The molecule has 0 radical (unpaired) electrons. The Bertz CT molecular complexity index is 659. The summed E-state index contributed by atoms with van der Waals surface area (Å²) in [7, 11) is -2.92. The van der Waals surface area contributed by atoms with Crippen LogP contribution in [0.15, 0.2) is 12.1 Å². The molecule has 0 aliphatic carbocycles. The summed E-state index contributed by atoms with van der Waals surface area (Å²) in [5, 5.41) is 0. The molecule has 0 aliphatic rings. The second-order valence-corrected chi connectivity index (χ2v) is 12.8. The number of aryl methyl sites for hydroxylation is 3. The van der Waals surface area contributed by atoms with E-state index in [-0.39, 0.29) is 16.9 Å². The fourth-order valence-electron chi connectivity index (χ4n) is 4.40. The number of carbonyl (C=O) groups is 1. The molecule has 1 aromatic carbocycles. The topological polar surface area (TPSA) is 34.1 Å². The van der Waals surface area contributed by atoms with Crippen LogP contribution in [0.1, 0.15) is 93.8 Å². The van der Waals surface area contributed by atoms with Crippen molar-refractivity contribution in [2.45, 2.75) is 87.5 Å². The van der Waals surface area contributed by atoms with Gasteiger partial charge < -0.3 is 4.57 Å². The second kappa shape index (κ2) is 10.1. The number of unbranched alkanes of at least 4 members (excludes halogenated alkanes) is 3. The third-order valence-electron chi connectivity index (χ3n) is 5.20. The van der Waals surface area contributed by atoms with Crippen molar-refractivity contribution in [1.29, 1.82) is 0 Å². The Balaban J connectivity index is 3.16. The van der Waals surface area contributed by atoms with E-state index in [9.17, 15) is 9.36 Å². The zero-order valence-corrected chi connectivity index (χ0v) is 19.8. The van der Waals surface area contributed by atoms with Crippen LogP contribution in [0.2, 0.25) is 0 Å². The van der Waals surface area contributed by atoms with Crippen molar-refractivity contribution in [2.75, 3.05) is 12.3 Å². The van der Waals surface area contributed by atoms with E-state index in [0.717, 1.165) is 48.8 Å². The minimum absolute atomic E-state index is 0.0743. The Morgan fingerprint density at radius 2 is 1.59 bits per heavy atom. The van der Waals surface area contributed by atoms with E-state index in [1.807, 2.05) is 32.9 Å². The average molecular weight is 393 g/mol. The van der Waals surface area contributed by atoms with E-state index >= 15 is 0 Å². The lowest BCUT2D eigenvalue weighted by Gasteiger charge is -2.27. The molecular formula is C24H41O2P. The van der Waals surface area contributed by atoms with Crippen molar-refractivity contribution >= 4 is 12.7 Å². The van der Waals surface area contributed by atoms with Crippen molar-refractivity contribution in [1.82, 2.24) is 0 Å². The van der Waals surface area contributed by atoms with Crippen LogP contribution in [-0.4, -0.2) is 17.8 Å². The van der Waals surface area contributed by atoms with Gasteiger partial charge in [-0.25, -0.2) is 0 Å². The summed E-state index contributed by atoms with van der Waals surface area (Å²) in [6.07, 6.45) is 6.35. The Labute approximate surface area is 167 Å². The summed E-state index contributed by atoms with van der Waals surface area (Å²) in [5.41, 5.74) is 3.91. The quantitative estimate of drug-likeness (QED) is 0.301. The van der Waals surface area contributed by atoms with Gasteiger partial charge in [-0.05, 0) is 56.1 Å². The van der Waals surface area contributed by atoms with Gasteiger partial charge in [0, 0.05) is 17.9 Å². The Morgan fingerprint density at radius 1 is 1.04 bits per heavy atom. The summed E-state index contributed by atoms with van der Waals surface area (Å²) in [6.45, 7) is 17.0. The molecule has 0 amide bonds. The van der Waals surface area contributed by atoms with Crippen molar-refractivity contribution < 1.29 is 9.36 Å². The van der Waals surface area contributed by atoms with Crippen molar-refractivity contribution in [3.05, 3.63) is 34.4 Å². The predicted molar refractivity (Wildman–Crippen MR) is 120 cm³/mol. The molecule has 2 atom stereocenters. The molecule has 154 valence electrons. The zero-order chi connectivity index (χ0) is 20.8. The maximum atomic E-state index is 14.0. The number of hydrogen-bond acceptors (Lipinski definition) is 2. The van der Waals surface area contributed by atoms with E-state index in [4.69, 9.17) is 0 Å². The minimum atomic E-state index is -2.92. The molecule has 0 heterocycles. The lowest BCUT2D eigenvalue weighted by atomic mass is 9.86. The lowest BCUT2D eigenvalue weighted by molar-refractivity contribution is 0.107. The lowest BCUT2D eigenvalue weighted by Crippen LogP contribution is -2.19. The first-order valence-electron chi connectivity index (χ1n) is 10.6. The molecule has 3 heteroatoms. The molecule has 1 aromatic rings. The van der Waals surface area contributed by atoms with Crippen LogP contribution in [0.25, 0.3) is 0 Å². The molecule has 0 spiro atoms. The number of carbonyl (C=O) groups excluding carboxylic acids is 1. The molecule has 0 bridgehead atoms. The van der Waals surface area contributed by atoms with Gasteiger partial charge in [0.2, 0.25) is 5.52 Å². The van der Waals surface area contributed by atoms with E-state index < -0.39 is 7.14 Å². The molecule has 1 rings (SSSR count). The fourth-order valence-corrected chi connectivity index (χ4v) is 7.59. The van der Waals surface area contributed by atoms with E-state index in [1.54, 1.807) is 0 Å². The van der Waals surface area contributed by atoms with Gasteiger partial charge in [-0.15, -0.1) is 0 Å². The molecule has 0 fully saturated rings. The maximum Gasteiger partial charge on any atom is 0.221 e. The van der Waals surface area contributed by atoms with Crippen LogP contribution in [-0.2, 0) is 4.57 Å².